The highest BCUT2D eigenvalue weighted by molar-refractivity contribution is 5.47. The van der Waals surface area contributed by atoms with Gasteiger partial charge in [-0.05, 0) is 18.9 Å². The van der Waals surface area contributed by atoms with Gasteiger partial charge in [0.25, 0.3) is 0 Å². The van der Waals surface area contributed by atoms with Crippen LogP contribution >= 0.6 is 0 Å². The standard InChI is InChI=1S/C13H19NO2/c1-13(14,7-9-15-2)11-5-3-4-10-6-8-16-12(10)11/h3-5H,6-9,14H2,1-2H3. The monoisotopic (exact) mass is 221 g/mol. The molecule has 1 aromatic rings. The Bertz CT molecular complexity index is 374. The van der Waals surface area contributed by atoms with Crippen molar-refractivity contribution in [3.05, 3.63) is 29.3 Å². The number of methoxy groups -OCH3 is 1. The van der Waals surface area contributed by atoms with E-state index >= 15 is 0 Å². The zero-order valence-corrected chi connectivity index (χ0v) is 9.95. The van der Waals surface area contributed by atoms with Crippen LogP contribution in [0, 0.1) is 0 Å². The predicted octanol–water partition coefficient (Wildman–Crippen LogP) is 1.83. The Morgan fingerprint density at radius 1 is 1.50 bits per heavy atom. The van der Waals surface area contributed by atoms with E-state index in [-0.39, 0.29) is 5.54 Å². The van der Waals surface area contributed by atoms with Crippen LogP contribution in [-0.2, 0) is 16.7 Å². The number of para-hydroxylation sites is 1. The molecule has 0 aliphatic carbocycles. The molecule has 0 spiro atoms. The summed E-state index contributed by atoms with van der Waals surface area (Å²) in [6.45, 7) is 3.46. The maximum Gasteiger partial charge on any atom is 0.127 e. The number of nitrogens with two attached hydrogens (primary N) is 1. The normalized spacial score (nSPS) is 17.7. The molecule has 0 saturated heterocycles. The first-order chi connectivity index (χ1) is 7.65. The second-order valence-electron chi connectivity index (χ2n) is 4.55. The number of hydrogen-bond acceptors (Lipinski definition) is 3. The van der Waals surface area contributed by atoms with Gasteiger partial charge >= 0.3 is 0 Å². The Balaban J connectivity index is 2.29. The summed E-state index contributed by atoms with van der Waals surface area (Å²) < 4.78 is 10.8. The predicted molar refractivity (Wildman–Crippen MR) is 63.7 cm³/mol. The van der Waals surface area contributed by atoms with Crippen LogP contribution in [0.2, 0.25) is 0 Å². The summed E-state index contributed by atoms with van der Waals surface area (Å²) in [7, 11) is 1.70. The molecular weight excluding hydrogens is 202 g/mol. The third-order valence-electron chi connectivity index (χ3n) is 3.16. The maximum atomic E-state index is 6.34. The van der Waals surface area contributed by atoms with Gasteiger partial charge in [0.05, 0.1) is 6.61 Å². The molecule has 2 N–H and O–H groups in total. The van der Waals surface area contributed by atoms with Gasteiger partial charge < -0.3 is 15.2 Å². The van der Waals surface area contributed by atoms with Crippen molar-refractivity contribution in [2.75, 3.05) is 20.3 Å². The summed E-state index contributed by atoms with van der Waals surface area (Å²) in [5, 5.41) is 0. The minimum atomic E-state index is -0.383. The van der Waals surface area contributed by atoms with E-state index in [1.807, 2.05) is 6.92 Å². The molecule has 0 fully saturated rings. The van der Waals surface area contributed by atoms with Crippen molar-refractivity contribution >= 4 is 0 Å². The van der Waals surface area contributed by atoms with Crippen LogP contribution in [0.15, 0.2) is 18.2 Å². The van der Waals surface area contributed by atoms with Crippen LogP contribution in [-0.4, -0.2) is 20.3 Å². The summed E-state index contributed by atoms with van der Waals surface area (Å²) in [6, 6.07) is 6.22. The van der Waals surface area contributed by atoms with Gasteiger partial charge in [0.1, 0.15) is 5.75 Å². The van der Waals surface area contributed by atoms with Gasteiger partial charge in [-0.3, -0.25) is 0 Å². The molecule has 3 heteroatoms. The minimum Gasteiger partial charge on any atom is -0.493 e. The van der Waals surface area contributed by atoms with E-state index in [9.17, 15) is 0 Å². The van der Waals surface area contributed by atoms with Gasteiger partial charge in [0, 0.05) is 31.2 Å². The molecule has 0 radical (unpaired) electrons. The Morgan fingerprint density at radius 2 is 2.31 bits per heavy atom. The summed E-state index contributed by atoms with van der Waals surface area (Å²) in [5.74, 6) is 0.989. The molecule has 0 saturated carbocycles. The first-order valence-corrected chi connectivity index (χ1v) is 5.68. The summed E-state index contributed by atoms with van der Waals surface area (Å²) in [6.07, 6.45) is 1.78. The van der Waals surface area contributed by atoms with E-state index < -0.39 is 0 Å². The highest BCUT2D eigenvalue weighted by atomic mass is 16.5. The van der Waals surface area contributed by atoms with Crippen LogP contribution < -0.4 is 10.5 Å². The molecule has 1 unspecified atom stereocenters. The van der Waals surface area contributed by atoms with Crippen molar-refractivity contribution in [2.45, 2.75) is 25.3 Å². The molecule has 1 aliphatic rings. The van der Waals surface area contributed by atoms with Gasteiger partial charge in [0.15, 0.2) is 0 Å². The number of hydrogen-bond donors (Lipinski definition) is 1. The number of benzene rings is 1. The van der Waals surface area contributed by atoms with Crippen LogP contribution in [0.3, 0.4) is 0 Å². The van der Waals surface area contributed by atoms with Crippen molar-refractivity contribution in [3.8, 4) is 5.75 Å². The average molecular weight is 221 g/mol. The van der Waals surface area contributed by atoms with Crippen molar-refractivity contribution < 1.29 is 9.47 Å². The average Bonchev–Trinajstić information content (AvgIpc) is 2.73. The minimum absolute atomic E-state index is 0.383. The summed E-state index contributed by atoms with van der Waals surface area (Å²) in [4.78, 5) is 0. The van der Waals surface area contributed by atoms with Gasteiger partial charge in [0.2, 0.25) is 0 Å². The van der Waals surface area contributed by atoms with Crippen molar-refractivity contribution in [3.63, 3.8) is 0 Å². The molecule has 3 nitrogen and oxygen atoms in total. The van der Waals surface area contributed by atoms with Gasteiger partial charge in [-0.25, -0.2) is 0 Å². The van der Waals surface area contributed by atoms with Crippen molar-refractivity contribution in [1.29, 1.82) is 0 Å². The van der Waals surface area contributed by atoms with Crippen molar-refractivity contribution in [2.24, 2.45) is 5.73 Å². The third-order valence-corrected chi connectivity index (χ3v) is 3.16. The molecule has 1 atom stereocenters. The van der Waals surface area contributed by atoms with E-state index in [0.29, 0.717) is 6.61 Å². The third kappa shape index (κ3) is 2.06. The Labute approximate surface area is 96.5 Å². The number of ether oxygens (including phenoxy) is 2. The second kappa shape index (κ2) is 4.44. The van der Waals surface area contributed by atoms with Crippen LogP contribution in [0.5, 0.6) is 5.75 Å². The fourth-order valence-corrected chi connectivity index (χ4v) is 2.11. The Kier molecular flexibility index (Phi) is 3.17. The summed E-state index contributed by atoms with van der Waals surface area (Å²) in [5.41, 5.74) is 8.32. The Morgan fingerprint density at radius 3 is 3.06 bits per heavy atom. The van der Waals surface area contributed by atoms with Gasteiger partial charge in [-0.1, -0.05) is 18.2 Å². The SMILES string of the molecule is COCCC(C)(N)c1cccc2c1OCC2. The topological polar surface area (TPSA) is 44.5 Å². The van der Waals surface area contributed by atoms with E-state index in [1.54, 1.807) is 7.11 Å². The van der Waals surface area contributed by atoms with Crippen molar-refractivity contribution in [1.82, 2.24) is 0 Å². The van der Waals surface area contributed by atoms with E-state index in [0.717, 1.165) is 30.8 Å². The molecule has 88 valence electrons. The number of rotatable bonds is 4. The van der Waals surface area contributed by atoms with Gasteiger partial charge in [-0.2, -0.15) is 0 Å². The van der Waals surface area contributed by atoms with Crippen LogP contribution in [0.4, 0.5) is 0 Å². The maximum absolute atomic E-state index is 6.34. The van der Waals surface area contributed by atoms with E-state index in [4.69, 9.17) is 15.2 Å². The molecule has 0 amide bonds. The number of fused-ring (bicyclic) bond motifs is 1. The lowest BCUT2D eigenvalue weighted by atomic mass is 9.88. The fraction of sp³-hybridized carbons (Fsp3) is 0.538. The fourth-order valence-electron chi connectivity index (χ4n) is 2.11. The zero-order chi connectivity index (χ0) is 11.6. The Hall–Kier alpha value is -1.06. The molecule has 1 aliphatic heterocycles. The molecule has 0 bridgehead atoms. The van der Waals surface area contributed by atoms with E-state index in [1.165, 1.54) is 5.56 Å². The smallest absolute Gasteiger partial charge is 0.127 e. The quantitative estimate of drug-likeness (QED) is 0.843. The molecule has 0 aromatic heterocycles. The lowest BCUT2D eigenvalue weighted by Crippen LogP contribution is -2.34. The molecule has 2 rings (SSSR count). The highest BCUT2D eigenvalue weighted by Gasteiger charge is 2.28. The molecule has 1 aromatic carbocycles. The first kappa shape index (κ1) is 11.4. The largest absolute Gasteiger partial charge is 0.493 e. The summed E-state index contributed by atoms with van der Waals surface area (Å²) >= 11 is 0. The molecular formula is C13H19NO2. The first-order valence-electron chi connectivity index (χ1n) is 5.68. The zero-order valence-electron chi connectivity index (χ0n) is 9.95. The van der Waals surface area contributed by atoms with E-state index in [2.05, 4.69) is 18.2 Å². The molecule has 16 heavy (non-hydrogen) atoms. The van der Waals surface area contributed by atoms with Gasteiger partial charge in [-0.15, -0.1) is 0 Å². The van der Waals surface area contributed by atoms with Crippen LogP contribution in [0.1, 0.15) is 24.5 Å². The highest BCUT2D eigenvalue weighted by Crippen LogP contribution is 2.36. The lowest BCUT2D eigenvalue weighted by Gasteiger charge is -2.26. The lowest BCUT2D eigenvalue weighted by molar-refractivity contribution is 0.171. The van der Waals surface area contributed by atoms with Crippen LogP contribution in [0.25, 0.3) is 0 Å². The second-order valence-corrected chi connectivity index (χ2v) is 4.55. The molecule has 1 heterocycles.